The van der Waals surface area contributed by atoms with E-state index in [1.165, 1.54) is 11.0 Å². The SMILES string of the molecule is O=C(Cc1cccnc1)N1CC(O)CC1c1cccc(C(F)(F)F)c1. The lowest BCUT2D eigenvalue weighted by Gasteiger charge is -2.25. The van der Waals surface area contributed by atoms with E-state index in [1.54, 1.807) is 30.6 Å². The monoisotopic (exact) mass is 350 g/mol. The summed E-state index contributed by atoms with van der Waals surface area (Å²) in [5.74, 6) is -0.244. The molecule has 0 aliphatic carbocycles. The van der Waals surface area contributed by atoms with Crippen molar-refractivity contribution >= 4 is 5.91 Å². The number of aliphatic hydroxyl groups is 1. The van der Waals surface area contributed by atoms with Crippen LogP contribution in [-0.2, 0) is 17.4 Å². The number of carbonyl (C=O) groups is 1. The van der Waals surface area contributed by atoms with Crippen LogP contribution in [0.15, 0.2) is 48.8 Å². The Kier molecular flexibility index (Phi) is 4.76. The van der Waals surface area contributed by atoms with Crippen molar-refractivity contribution in [2.45, 2.75) is 31.2 Å². The smallest absolute Gasteiger partial charge is 0.391 e. The van der Waals surface area contributed by atoms with Gasteiger partial charge >= 0.3 is 6.18 Å². The minimum absolute atomic E-state index is 0.0933. The molecule has 2 aromatic rings. The van der Waals surface area contributed by atoms with Crippen LogP contribution in [0.2, 0.25) is 0 Å². The molecule has 3 rings (SSSR count). The summed E-state index contributed by atoms with van der Waals surface area (Å²) in [7, 11) is 0. The van der Waals surface area contributed by atoms with Crippen LogP contribution in [-0.4, -0.2) is 33.5 Å². The van der Waals surface area contributed by atoms with Gasteiger partial charge in [-0.15, -0.1) is 0 Å². The summed E-state index contributed by atoms with van der Waals surface area (Å²) >= 11 is 0. The number of alkyl halides is 3. The van der Waals surface area contributed by atoms with Crippen LogP contribution >= 0.6 is 0 Å². The number of nitrogens with zero attached hydrogens (tertiary/aromatic N) is 2. The van der Waals surface area contributed by atoms with Gasteiger partial charge in [-0.25, -0.2) is 0 Å². The molecule has 1 aliphatic heterocycles. The van der Waals surface area contributed by atoms with Crippen LogP contribution in [0.3, 0.4) is 0 Å². The van der Waals surface area contributed by atoms with Gasteiger partial charge in [0.15, 0.2) is 0 Å². The van der Waals surface area contributed by atoms with Gasteiger partial charge < -0.3 is 10.0 Å². The number of amides is 1. The lowest BCUT2D eigenvalue weighted by atomic mass is 10.0. The van der Waals surface area contributed by atoms with Crippen molar-refractivity contribution in [3.05, 3.63) is 65.5 Å². The van der Waals surface area contributed by atoms with Gasteiger partial charge in [0, 0.05) is 18.9 Å². The molecule has 25 heavy (non-hydrogen) atoms. The molecule has 132 valence electrons. The Balaban J connectivity index is 1.83. The number of hydrogen-bond donors (Lipinski definition) is 1. The first-order valence-corrected chi connectivity index (χ1v) is 7.88. The summed E-state index contributed by atoms with van der Waals surface area (Å²) in [6.45, 7) is 0.111. The highest BCUT2D eigenvalue weighted by Gasteiger charge is 2.37. The summed E-state index contributed by atoms with van der Waals surface area (Å²) in [6.07, 6.45) is -1.71. The average molecular weight is 350 g/mol. The standard InChI is InChI=1S/C18H17F3N2O2/c19-18(20,21)14-5-1-4-13(8-14)16-9-15(24)11-23(16)17(25)7-12-3-2-6-22-10-12/h1-6,8,10,15-16,24H,7,9,11H2. The molecule has 4 nitrogen and oxygen atoms in total. The maximum atomic E-state index is 12.9. The van der Waals surface area contributed by atoms with Crippen LogP contribution < -0.4 is 0 Å². The second-order valence-corrected chi connectivity index (χ2v) is 6.11. The fourth-order valence-corrected chi connectivity index (χ4v) is 3.11. The summed E-state index contributed by atoms with van der Waals surface area (Å²) in [4.78, 5) is 18.0. The van der Waals surface area contributed by atoms with Crippen molar-refractivity contribution in [1.82, 2.24) is 9.88 Å². The fraction of sp³-hybridized carbons (Fsp3) is 0.333. The normalized spacial score (nSPS) is 20.7. The first-order valence-electron chi connectivity index (χ1n) is 7.88. The van der Waals surface area contributed by atoms with E-state index in [9.17, 15) is 23.1 Å². The van der Waals surface area contributed by atoms with Crippen molar-refractivity contribution in [2.24, 2.45) is 0 Å². The van der Waals surface area contributed by atoms with E-state index in [1.807, 2.05) is 0 Å². The van der Waals surface area contributed by atoms with Crippen molar-refractivity contribution in [1.29, 1.82) is 0 Å². The van der Waals surface area contributed by atoms with E-state index in [-0.39, 0.29) is 25.3 Å². The molecule has 1 saturated heterocycles. The van der Waals surface area contributed by atoms with E-state index >= 15 is 0 Å². The molecule has 1 aromatic carbocycles. The molecule has 1 fully saturated rings. The van der Waals surface area contributed by atoms with E-state index < -0.39 is 23.9 Å². The Labute approximate surface area is 142 Å². The van der Waals surface area contributed by atoms with Crippen molar-refractivity contribution in [3.8, 4) is 0 Å². The molecule has 1 N–H and O–H groups in total. The molecule has 0 radical (unpaired) electrons. The number of rotatable bonds is 3. The van der Waals surface area contributed by atoms with Crippen LogP contribution in [0.4, 0.5) is 13.2 Å². The topological polar surface area (TPSA) is 53.4 Å². The van der Waals surface area contributed by atoms with Gasteiger partial charge in [-0.1, -0.05) is 18.2 Å². The number of likely N-dealkylation sites (tertiary alicyclic amines) is 1. The van der Waals surface area contributed by atoms with E-state index in [4.69, 9.17) is 0 Å². The zero-order valence-electron chi connectivity index (χ0n) is 13.3. The number of aromatic nitrogens is 1. The number of benzene rings is 1. The van der Waals surface area contributed by atoms with Crippen LogP contribution in [0.5, 0.6) is 0 Å². The van der Waals surface area contributed by atoms with Crippen LogP contribution in [0.1, 0.15) is 29.2 Å². The van der Waals surface area contributed by atoms with Gasteiger partial charge in [0.1, 0.15) is 0 Å². The van der Waals surface area contributed by atoms with Gasteiger partial charge in [0.05, 0.1) is 24.1 Å². The van der Waals surface area contributed by atoms with Crippen molar-refractivity contribution < 1.29 is 23.1 Å². The zero-order valence-corrected chi connectivity index (χ0v) is 13.3. The number of carbonyl (C=O) groups excluding carboxylic acids is 1. The van der Waals surface area contributed by atoms with Crippen molar-refractivity contribution in [2.75, 3.05) is 6.54 Å². The molecule has 2 heterocycles. The number of halogens is 3. The number of hydrogen-bond acceptors (Lipinski definition) is 3. The molecule has 1 aliphatic rings. The molecule has 7 heteroatoms. The molecule has 0 saturated carbocycles. The average Bonchev–Trinajstić information content (AvgIpc) is 2.97. The Hall–Kier alpha value is -2.41. The highest BCUT2D eigenvalue weighted by Crippen LogP contribution is 2.36. The molecule has 1 amide bonds. The second kappa shape index (κ2) is 6.84. The lowest BCUT2D eigenvalue weighted by molar-refractivity contribution is -0.137. The number of aliphatic hydroxyl groups excluding tert-OH is 1. The van der Waals surface area contributed by atoms with Gasteiger partial charge in [-0.2, -0.15) is 13.2 Å². The Morgan fingerprint density at radius 3 is 2.76 bits per heavy atom. The van der Waals surface area contributed by atoms with Gasteiger partial charge in [-0.05, 0) is 35.7 Å². The van der Waals surface area contributed by atoms with Gasteiger partial charge in [0.25, 0.3) is 0 Å². The van der Waals surface area contributed by atoms with Crippen LogP contribution in [0.25, 0.3) is 0 Å². The Morgan fingerprint density at radius 2 is 2.08 bits per heavy atom. The summed E-state index contributed by atoms with van der Waals surface area (Å²) in [6, 6.07) is 7.84. The maximum Gasteiger partial charge on any atom is 0.416 e. The lowest BCUT2D eigenvalue weighted by Crippen LogP contribution is -2.33. The summed E-state index contributed by atoms with van der Waals surface area (Å²) in [5.41, 5.74) is 0.341. The van der Waals surface area contributed by atoms with E-state index in [0.717, 1.165) is 17.7 Å². The van der Waals surface area contributed by atoms with E-state index in [0.29, 0.717) is 5.56 Å². The molecular formula is C18H17F3N2O2. The second-order valence-electron chi connectivity index (χ2n) is 6.11. The number of β-amino-alcohol motifs (C(OH)–C–C–N with tert-alkyl or cyclic N) is 1. The third-order valence-electron chi connectivity index (χ3n) is 4.28. The molecule has 2 unspecified atom stereocenters. The zero-order chi connectivity index (χ0) is 18.0. The summed E-state index contributed by atoms with van der Waals surface area (Å²) in [5, 5.41) is 9.95. The molecule has 0 spiro atoms. The fourth-order valence-electron chi connectivity index (χ4n) is 3.11. The molecule has 2 atom stereocenters. The highest BCUT2D eigenvalue weighted by molar-refractivity contribution is 5.79. The van der Waals surface area contributed by atoms with E-state index in [2.05, 4.69) is 4.98 Å². The predicted molar refractivity (Wildman–Crippen MR) is 84.5 cm³/mol. The quantitative estimate of drug-likeness (QED) is 0.926. The molecular weight excluding hydrogens is 333 g/mol. The first kappa shape index (κ1) is 17.4. The number of pyridine rings is 1. The largest absolute Gasteiger partial charge is 0.416 e. The first-order chi connectivity index (χ1) is 11.8. The van der Waals surface area contributed by atoms with Gasteiger partial charge in [0.2, 0.25) is 5.91 Å². The van der Waals surface area contributed by atoms with Crippen LogP contribution in [0, 0.1) is 0 Å². The summed E-state index contributed by atoms with van der Waals surface area (Å²) < 4.78 is 38.8. The third-order valence-corrected chi connectivity index (χ3v) is 4.28. The van der Waals surface area contributed by atoms with Gasteiger partial charge in [-0.3, -0.25) is 9.78 Å². The Morgan fingerprint density at radius 1 is 1.28 bits per heavy atom. The minimum atomic E-state index is -4.45. The predicted octanol–water partition coefficient (Wildman–Crippen LogP) is 2.98. The molecule has 1 aromatic heterocycles. The minimum Gasteiger partial charge on any atom is -0.391 e. The van der Waals surface area contributed by atoms with Crippen molar-refractivity contribution in [3.63, 3.8) is 0 Å². The third kappa shape index (κ3) is 3.99. The highest BCUT2D eigenvalue weighted by atomic mass is 19.4. The Bertz CT molecular complexity index is 749. The molecule has 0 bridgehead atoms. The maximum absolute atomic E-state index is 12.9.